The monoisotopic (exact) mass is 209 g/mol. The molecule has 0 aliphatic heterocycles. The summed E-state index contributed by atoms with van der Waals surface area (Å²) in [5, 5.41) is 8.94. The van der Waals surface area contributed by atoms with Crippen LogP contribution in [0.5, 0.6) is 0 Å². The van der Waals surface area contributed by atoms with Gasteiger partial charge in [-0.25, -0.2) is 0 Å². The van der Waals surface area contributed by atoms with Crippen LogP contribution in [0.15, 0.2) is 15.9 Å². The summed E-state index contributed by atoms with van der Waals surface area (Å²) in [5.41, 5.74) is 1.16. The average molecular weight is 209 g/mol. The van der Waals surface area contributed by atoms with Crippen LogP contribution in [0.4, 0.5) is 5.82 Å². The van der Waals surface area contributed by atoms with Crippen LogP contribution in [0.3, 0.4) is 0 Å². The van der Waals surface area contributed by atoms with Gasteiger partial charge in [0.15, 0.2) is 5.82 Å². The second-order valence-corrected chi connectivity index (χ2v) is 3.69. The predicted octanol–water partition coefficient (Wildman–Crippen LogP) is 2.36. The predicted molar refractivity (Wildman–Crippen MR) is 55.4 cm³/mol. The number of nitrogens with zero attached hydrogens (tertiary/aromatic N) is 2. The second-order valence-electron chi connectivity index (χ2n) is 3.08. The van der Waals surface area contributed by atoms with E-state index in [-0.39, 0.29) is 0 Å². The van der Waals surface area contributed by atoms with E-state index in [1.54, 1.807) is 0 Å². The lowest BCUT2D eigenvalue weighted by Crippen LogP contribution is -1.99. The zero-order valence-corrected chi connectivity index (χ0v) is 8.89. The number of hydrogen-bond acceptors (Lipinski definition) is 5. The smallest absolute Gasteiger partial charge is 0.161 e. The minimum absolute atomic E-state index is 0.731. The molecule has 5 heteroatoms. The number of nitrogens with one attached hydrogen (secondary N) is 1. The molecule has 2 aromatic rings. The van der Waals surface area contributed by atoms with Gasteiger partial charge in [-0.3, -0.25) is 0 Å². The Morgan fingerprint density at radius 3 is 2.93 bits per heavy atom. The maximum Gasteiger partial charge on any atom is 0.161 e. The van der Waals surface area contributed by atoms with Crippen molar-refractivity contribution >= 4 is 17.4 Å². The molecule has 0 radical (unpaired) electrons. The van der Waals surface area contributed by atoms with Crippen molar-refractivity contribution in [2.24, 2.45) is 0 Å². The quantitative estimate of drug-likeness (QED) is 0.843. The molecular weight excluding hydrogens is 198 g/mol. The van der Waals surface area contributed by atoms with Gasteiger partial charge in [-0.1, -0.05) is 4.49 Å². The van der Waals surface area contributed by atoms with E-state index < -0.39 is 0 Å². The molecule has 14 heavy (non-hydrogen) atoms. The average Bonchev–Trinajstić information content (AvgIpc) is 2.72. The molecule has 0 aliphatic rings. The van der Waals surface area contributed by atoms with Crippen LogP contribution in [0.1, 0.15) is 17.1 Å². The van der Waals surface area contributed by atoms with Crippen LogP contribution in [-0.2, 0) is 6.54 Å². The molecule has 2 aromatic heterocycles. The molecule has 0 amide bonds. The highest BCUT2D eigenvalue weighted by Gasteiger charge is 2.04. The summed E-state index contributed by atoms with van der Waals surface area (Å²) in [6, 6.07) is 2.03. The highest BCUT2D eigenvalue weighted by Crippen LogP contribution is 2.15. The molecule has 0 aromatic carbocycles. The topological polar surface area (TPSA) is 51.0 Å². The highest BCUT2D eigenvalue weighted by atomic mass is 32.1. The second kappa shape index (κ2) is 3.79. The highest BCUT2D eigenvalue weighted by molar-refractivity contribution is 7.03. The van der Waals surface area contributed by atoms with Gasteiger partial charge in [0.25, 0.3) is 0 Å². The molecular formula is C9H11N3OS. The Labute approximate surface area is 86.1 Å². The largest absolute Gasteiger partial charge is 0.466 e. The van der Waals surface area contributed by atoms with E-state index in [0.717, 1.165) is 29.4 Å². The minimum Gasteiger partial charge on any atom is -0.466 e. The number of furan rings is 1. The molecule has 0 saturated heterocycles. The first-order valence-corrected chi connectivity index (χ1v) is 5.16. The Hall–Kier alpha value is -1.36. The van der Waals surface area contributed by atoms with Crippen molar-refractivity contribution in [2.75, 3.05) is 5.32 Å². The van der Waals surface area contributed by atoms with Gasteiger partial charge >= 0.3 is 0 Å². The van der Waals surface area contributed by atoms with Crippen LogP contribution in [0.2, 0.25) is 0 Å². The third-order valence-corrected chi connectivity index (χ3v) is 2.47. The number of aryl methyl sites for hydroxylation is 2. The normalized spacial score (nSPS) is 10.4. The van der Waals surface area contributed by atoms with Crippen LogP contribution in [0, 0.1) is 13.8 Å². The Kier molecular flexibility index (Phi) is 2.49. The molecule has 0 fully saturated rings. The van der Waals surface area contributed by atoms with E-state index >= 15 is 0 Å². The Morgan fingerprint density at radius 1 is 1.50 bits per heavy atom. The number of rotatable bonds is 3. The Balaban J connectivity index is 2.01. The lowest BCUT2D eigenvalue weighted by atomic mass is 10.2. The number of aromatic nitrogens is 2. The van der Waals surface area contributed by atoms with Crippen molar-refractivity contribution in [1.29, 1.82) is 0 Å². The molecule has 74 valence electrons. The van der Waals surface area contributed by atoms with Crippen molar-refractivity contribution < 1.29 is 4.42 Å². The van der Waals surface area contributed by atoms with Crippen LogP contribution < -0.4 is 5.32 Å². The molecule has 0 spiro atoms. The number of hydrogen-bond donors (Lipinski definition) is 1. The van der Waals surface area contributed by atoms with E-state index in [1.165, 1.54) is 11.5 Å². The molecule has 0 bridgehead atoms. The molecule has 0 unspecified atom stereocenters. The summed E-state index contributed by atoms with van der Waals surface area (Å²) in [7, 11) is 0. The van der Waals surface area contributed by atoms with Gasteiger partial charge in [0.05, 0.1) is 5.38 Å². The molecule has 4 nitrogen and oxygen atoms in total. The fourth-order valence-electron chi connectivity index (χ4n) is 1.29. The van der Waals surface area contributed by atoms with E-state index in [4.69, 9.17) is 4.42 Å². The van der Waals surface area contributed by atoms with Crippen molar-refractivity contribution in [3.05, 3.63) is 28.5 Å². The van der Waals surface area contributed by atoms with Crippen molar-refractivity contribution in [2.45, 2.75) is 20.4 Å². The molecule has 0 aliphatic carbocycles. The van der Waals surface area contributed by atoms with Crippen LogP contribution in [0.25, 0.3) is 0 Å². The van der Waals surface area contributed by atoms with Gasteiger partial charge in [-0.05, 0) is 31.4 Å². The van der Waals surface area contributed by atoms with Crippen LogP contribution >= 0.6 is 11.5 Å². The first kappa shape index (κ1) is 9.21. The lowest BCUT2D eigenvalue weighted by molar-refractivity contribution is 0.501. The van der Waals surface area contributed by atoms with Crippen molar-refractivity contribution in [3.63, 3.8) is 0 Å². The maximum absolute atomic E-state index is 5.41. The SMILES string of the molecule is Cc1cc(CNc2csnn2)c(C)o1. The first-order chi connectivity index (χ1) is 6.75. The third kappa shape index (κ3) is 1.93. The first-order valence-electron chi connectivity index (χ1n) is 4.32. The van der Waals surface area contributed by atoms with Crippen LogP contribution in [-0.4, -0.2) is 9.59 Å². The van der Waals surface area contributed by atoms with E-state index in [9.17, 15) is 0 Å². The lowest BCUT2D eigenvalue weighted by Gasteiger charge is -1.99. The molecule has 2 rings (SSSR count). The van der Waals surface area contributed by atoms with E-state index in [2.05, 4.69) is 14.9 Å². The van der Waals surface area contributed by atoms with Crippen molar-refractivity contribution in [3.8, 4) is 0 Å². The summed E-state index contributed by atoms with van der Waals surface area (Å²) in [6.45, 7) is 4.64. The number of anilines is 1. The Bertz CT molecular complexity index is 408. The summed E-state index contributed by atoms with van der Waals surface area (Å²) < 4.78 is 9.18. The van der Waals surface area contributed by atoms with E-state index in [1.807, 2.05) is 25.3 Å². The summed E-state index contributed by atoms with van der Waals surface area (Å²) in [4.78, 5) is 0. The third-order valence-electron chi connectivity index (χ3n) is 1.96. The molecule has 2 heterocycles. The van der Waals surface area contributed by atoms with Gasteiger partial charge in [0.2, 0.25) is 0 Å². The zero-order valence-electron chi connectivity index (χ0n) is 8.07. The van der Waals surface area contributed by atoms with Gasteiger partial charge < -0.3 is 9.73 Å². The van der Waals surface area contributed by atoms with Crippen molar-refractivity contribution in [1.82, 2.24) is 9.59 Å². The summed E-state index contributed by atoms with van der Waals surface area (Å²) in [5.74, 6) is 2.71. The van der Waals surface area contributed by atoms with Gasteiger partial charge in [0.1, 0.15) is 11.5 Å². The molecule has 0 saturated carbocycles. The summed E-state index contributed by atoms with van der Waals surface area (Å²) >= 11 is 1.34. The fraction of sp³-hybridized carbons (Fsp3) is 0.333. The Morgan fingerprint density at radius 2 is 2.36 bits per heavy atom. The van der Waals surface area contributed by atoms with Gasteiger partial charge in [-0.2, -0.15) is 0 Å². The minimum atomic E-state index is 0.731. The molecule has 0 atom stereocenters. The van der Waals surface area contributed by atoms with Gasteiger partial charge in [0, 0.05) is 12.1 Å². The zero-order chi connectivity index (χ0) is 9.97. The molecule has 1 N–H and O–H groups in total. The standard InChI is InChI=1S/C9H11N3OS/c1-6-3-8(7(2)13-6)4-10-9-5-14-12-11-9/h3,5,10H,4H2,1-2H3. The van der Waals surface area contributed by atoms with E-state index in [0.29, 0.717) is 0 Å². The summed E-state index contributed by atoms with van der Waals surface area (Å²) in [6.07, 6.45) is 0. The van der Waals surface area contributed by atoms with Gasteiger partial charge in [-0.15, -0.1) is 5.10 Å². The fourth-order valence-corrected chi connectivity index (χ4v) is 1.70. The maximum atomic E-state index is 5.41.